The molecule has 3 aromatic carbocycles. The topological polar surface area (TPSA) is 81.9 Å². The number of benzene rings is 3. The van der Waals surface area contributed by atoms with E-state index in [4.69, 9.17) is 13.9 Å². The van der Waals surface area contributed by atoms with Crippen LogP contribution in [-0.2, 0) is 23.1 Å². The summed E-state index contributed by atoms with van der Waals surface area (Å²) < 4.78 is 44.4. The molecule has 8 heteroatoms. The Morgan fingerprint density at radius 2 is 1.30 bits per heavy atom. The number of aromatic nitrogens is 1. The Bertz CT molecular complexity index is 1220. The van der Waals surface area contributed by atoms with Gasteiger partial charge in [-0.3, -0.25) is 0 Å². The summed E-state index contributed by atoms with van der Waals surface area (Å²) in [6.45, 7) is 0.416. The summed E-state index contributed by atoms with van der Waals surface area (Å²) in [6, 6.07) is 21.3. The third-order valence-electron chi connectivity index (χ3n) is 5.21. The Labute approximate surface area is 193 Å². The molecule has 0 radical (unpaired) electrons. The van der Waals surface area contributed by atoms with Gasteiger partial charge in [-0.1, -0.05) is 24.3 Å². The molecule has 0 aliphatic rings. The van der Waals surface area contributed by atoms with Crippen molar-refractivity contribution in [3.63, 3.8) is 0 Å². The number of sulfonamides is 1. The third-order valence-corrected chi connectivity index (χ3v) is 7.01. The average Bonchev–Trinajstić information content (AvgIpc) is 3.40. The van der Waals surface area contributed by atoms with Crippen molar-refractivity contribution in [1.82, 2.24) is 9.29 Å². The molecule has 0 atom stereocenters. The maximum absolute atomic E-state index is 13.6. The van der Waals surface area contributed by atoms with Crippen molar-refractivity contribution < 1.29 is 22.3 Å². The summed E-state index contributed by atoms with van der Waals surface area (Å²) in [5.41, 5.74) is 2.41. The van der Waals surface area contributed by atoms with Crippen LogP contribution in [0.3, 0.4) is 0 Å². The quantitative estimate of drug-likeness (QED) is 0.356. The number of methoxy groups -OCH3 is 2. The van der Waals surface area contributed by atoms with Crippen LogP contribution in [-0.4, -0.2) is 31.9 Å². The zero-order chi connectivity index (χ0) is 23.3. The van der Waals surface area contributed by atoms with E-state index < -0.39 is 10.0 Å². The number of hydrogen-bond acceptors (Lipinski definition) is 6. The summed E-state index contributed by atoms with van der Waals surface area (Å²) in [5.74, 6) is 1.86. The second kappa shape index (κ2) is 9.89. The van der Waals surface area contributed by atoms with E-state index in [1.165, 1.54) is 10.6 Å². The van der Waals surface area contributed by atoms with Gasteiger partial charge in [0.2, 0.25) is 15.9 Å². The smallest absolute Gasteiger partial charge is 0.243 e. The first-order chi connectivity index (χ1) is 16.0. The lowest BCUT2D eigenvalue weighted by molar-refractivity contribution is 0.397. The van der Waals surface area contributed by atoms with Crippen molar-refractivity contribution in [2.75, 3.05) is 14.2 Å². The summed E-state index contributed by atoms with van der Waals surface area (Å²) in [6.07, 6.45) is 3.02. The van der Waals surface area contributed by atoms with E-state index in [9.17, 15) is 8.42 Å². The zero-order valence-corrected chi connectivity index (χ0v) is 19.2. The van der Waals surface area contributed by atoms with Gasteiger partial charge in [0.1, 0.15) is 17.8 Å². The van der Waals surface area contributed by atoms with Crippen LogP contribution in [0.4, 0.5) is 0 Å². The van der Waals surface area contributed by atoms with Gasteiger partial charge in [-0.05, 0) is 59.7 Å². The van der Waals surface area contributed by atoms with Crippen LogP contribution < -0.4 is 9.47 Å². The molecule has 0 saturated heterocycles. The first-order valence-electron chi connectivity index (χ1n) is 10.3. The van der Waals surface area contributed by atoms with E-state index in [-0.39, 0.29) is 18.0 Å². The van der Waals surface area contributed by atoms with Crippen molar-refractivity contribution in [3.05, 3.63) is 96.4 Å². The van der Waals surface area contributed by atoms with Crippen LogP contribution in [0.2, 0.25) is 0 Å². The molecule has 0 fully saturated rings. The predicted molar refractivity (Wildman–Crippen MR) is 124 cm³/mol. The van der Waals surface area contributed by atoms with E-state index in [2.05, 4.69) is 4.98 Å². The van der Waals surface area contributed by atoms with E-state index in [0.29, 0.717) is 23.0 Å². The van der Waals surface area contributed by atoms with E-state index in [1.54, 1.807) is 44.7 Å². The molecule has 0 aliphatic carbocycles. The van der Waals surface area contributed by atoms with Gasteiger partial charge in [-0.15, -0.1) is 0 Å². The Kier molecular flexibility index (Phi) is 6.76. The molecule has 4 rings (SSSR count). The first-order valence-corrected chi connectivity index (χ1v) is 11.7. The SMILES string of the molecule is COc1ccc(CN(Cc2ccc(OC)cc2)S(=O)(=O)c2ccc(-c3ncco3)cc2)cc1. The van der Waals surface area contributed by atoms with Crippen LogP contribution in [0, 0.1) is 0 Å². The molecule has 33 heavy (non-hydrogen) atoms. The van der Waals surface area contributed by atoms with Gasteiger partial charge in [0.25, 0.3) is 0 Å². The molecule has 0 amide bonds. The first kappa shape index (κ1) is 22.6. The van der Waals surface area contributed by atoms with Crippen LogP contribution in [0.25, 0.3) is 11.5 Å². The Balaban J connectivity index is 1.64. The molecule has 0 aliphatic heterocycles. The van der Waals surface area contributed by atoms with Crippen LogP contribution >= 0.6 is 0 Å². The largest absolute Gasteiger partial charge is 0.497 e. The lowest BCUT2D eigenvalue weighted by atomic mass is 10.2. The van der Waals surface area contributed by atoms with Crippen LogP contribution in [0.15, 0.2) is 94.6 Å². The molecule has 0 spiro atoms. The highest BCUT2D eigenvalue weighted by molar-refractivity contribution is 7.89. The van der Waals surface area contributed by atoms with Gasteiger partial charge in [-0.25, -0.2) is 13.4 Å². The fraction of sp³-hybridized carbons (Fsp3) is 0.160. The molecule has 0 bridgehead atoms. The highest BCUT2D eigenvalue weighted by atomic mass is 32.2. The van der Waals surface area contributed by atoms with Crippen LogP contribution in [0.1, 0.15) is 11.1 Å². The number of oxazole rings is 1. The fourth-order valence-electron chi connectivity index (χ4n) is 3.38. The zero-order valence-electron chi connectivity index (χ0n) is 18.3. The molecule has 1 aromatic heterocycles. The van der Waals surface area contributed by atoms with Gasteiger partial charge in [0.15, 0.2) is 0 Å². The Hall–Kier alpha value is -3.62. The molecular weight excluding hydrogens is 440 g/mol. The summed E-state index contributed by atoms with van der Waals surface area (Å²) in [5, 5.41) is 0. The van der Waals surface area contributed by atoms with Gasteiger partial charge in [0, 0.05) is 18.7 Å². The number of ether oxygens (including phenoxy) is 2. The second-order valence-electron chi connectivity index (χ2n) is 7.33. The number of rotatable bonds is 9. The number of nitrogens with zero attached hydrogens (tertiary/aromatic N) is 2. The maximum atomic E-state index is 13.6. The number of hydrogen-bond donors (Lipinski definition) is 0. The molecule has 0 N–H and O–H groups in total. The normalized spacial score (nSPS) is 11.5. The molecule has 0 saturated carbocycles. The highest BCUT2D eigenvalue weighted by Crippen LogP contribution is 2.25. The standard InChI is InChI=1S/C25H24N2O5S/c1-30-22-9-3-19(4-10-22)17-27(18-20-5-11-23(31-2)12-6-20)33(28,29)24-13-7-21(8-14-24)25-26-15-16-32-25/h3-16H,17-18H2,1-2H3. The Morgan fingerprint density at radius 3 is 1.73 bits per heavy atom. The van der Waals surface area contributed by atoms with Gasteiger partial charge in [-0.2, -0.15) is 4.31 Å². The van der Waals surface area contributed by atoms with Crippen LogP contribution in [0.5, 0.6) is 11.5 Å². The summed E-state index contributed by atoms with van der Waals surface area (Å²) in [7, 11) is -0.605. The van der Waals surface area contributed by atoms with Gasteiger partial charge < -0.3 is 13.9 Å². The van der Waals surface area contributed by atoms with Crippen molar-refractivity contribution >= 4 is 10.0 Å². The molecule has 4 aromatic rings. The monoisotopic (exact) mass is 464 g/mol. The van der Waals surface area contributed by atoms with E-state index in [1.807, 2.05) is 48.5 Å². The minimum atomic E-state index is -3.79. The van der Waals surface area contributed by atoms with E-state index in [0.717, 1.165) is 11.1 Å². The predicted octanol–water partition coefficient (Wildman–Crippen LogP) is 4.75. The lowest BCUT2D eigenvalue weighted by Gasteiger charge is -2.23. The maximum Gasteiger partial charge on any atom is 0.243 e. The molecular formula is C25H24N2O5S. The molecule has 0 unspecified atom stereocenters. The van der Waals surface area contributed by atoms with Crippen molar-refractivity contribution in [1.29, 1.82) is 0 Å². The second-order valence-corrected chi connectivity index (χ2v) is 9.27. The minimum Gasteiger partial charge on any atom is -0.497 e. The summed E-state index contributed by atoms with van der Waals surface area (Å²) in [4.78, 5) is 4.30. The average molecular weight is 465 g/mol. The third kappa shape index (κ3) is 5.24. The fourth-order valence-corrected chi connectivity index (χ4v) is 4.80. The minimum absolute atomic E-state index is 0.194. The molecule has 7 nitrogen and oxygen atoms in total. The van der Waals surface area contributed by atoms with Crippen molar-refractivity contribution in [3.8, 4) is 23.0 Å². The highest BCUT2D eigenvalue weighted by Gasteiger charge is 2.25. The van der Waals surface area contributed by atoms with Crippen molar-refractivity contribution in [2.24, 2.45) is 0 Å². The van der Waals surface area contributed by atoms with E-state index >= 15 is 0 Å². The lowest BCUT2D eigenvalue weighted by Crippen LogP contribution is -2.30. The Morgan fingerprint density at radius 1 is 0.788 bits per heavy atom. The van der Waals surface area contributed by atoms with Gasteiger partial charge in [0.05, 0.1) is 25.3 Å². The molecule has 1 heterocycles. The summed E-state index contributed by atoms with van der Waals surface area (Å²) >= 11 is 0. The van der Waals surface area contributed by atoms with Crippen molar-refractivity contribution in [2.45, 2.75) is 18.0 Å². The van der Waals surface area contributed by atoms with Gasteiger partial charge >= 0.3 is 0 Å². The molecule has 170 valence electrons.